The van der Waals surface area contributed by atoms with Crippen LogP contribution in [0.25, 0.3) is 0 Å². The van der Waals surface area contributed by atoms with Crippen LogP contribution in [-0.4, -0.2) is 43.0 Å². The fraction of sp³-hybridized carbons (Fsp3) is 0.611. The van der Waals surface area contributed by atoms with Crippen molar-refractivity contribution in [3.63, 3.8) is 0 Å². The van der Waals surface area contributed by atoms with E-state index < -0.39 is 0 Å². The van der Waals surface area contributed by atoms with E-state index in [0.29, 0.717) is 12.6 Å². The number of carbonyl (C=O) groups is 1. The quantitative estimate of drug-likeness (QED) is 0.532. The molecule has 0 radical (unpaired) electrons. The fourth-order valence-electron chi connectivity index (χ4n) is 2.94. The molecule has 0 spiro atoms. The first kappa shape index (κ1) is 19.0. The minimum atomic E-state index is -0.192. The first-order valence-electron chi connectivity index (χ1n) is 9.00. The van der Waals surface area contributed by atoms with Crippen LogP contribution in [0.1, 0.15) is 38.7 Å². The van der Waals surface area contributed by atoms with Gasteiger partial charge in [0.15, 0.2) is 5.96 Å². The van der Waals surface area contributed by atoms with Gasteiger partial charge in [0.1, 0.15) is 5.82 Å². The molecule has 1 aliphatic rings. The molecule has 1 fully saturated rings. The highest BCUT2D eigenvalue weighted by Crippen LogP contribution is 2.24. The molecule has 4 N–H and O–H groups in total. The third-order valence-corrected chi connectivity index (χ3v) is 4.73. The average Bonchev–Trinajstić information content (AvgIpc) is 2.65. The number of anilines is 1. The summed E-state index contributed by atoms with van der Waals surface area (Å²) in [5.41, 5.74) is 6.54. The summed E-state index contributed by atoms with van der Waals surface area (Å²) in [6.07, 6.45) is 4.42. The van der Waals surface area contributed by atoms with Gasteiger partial charge in [0, 0.05) is 50.4 Å². The normalized spacial score (nSPS) is 17.2. The second-order valence-corrected chi connectivity index (χ2v) is 6.53. The average molecular weight is 346 g/mol. The maximum atomic E-state index is 11.3. The molecular weight excluding hydrogens is 316 g/mol. The van der Waals surface area contributed by atoms with Crippen molar-refractivity contribution in [1.29, 1.82) is 0 Å². The van der Waals surface area contributed by atoms with Crippen LogP contribution in [-0.2, 0) is 11.3 Å². The Hall–Kier alpha value is -2.31. The summed E-state index contributed by atoms with van der Waals surface area (Å²) < 4.78 is 0. The Kier molecular flexibility index (Phi) is 7.03. The number of aliphatic imine (C=N–C) groups is 1. The third kappa shape index (κ3) is 5.34. The van der Waals surface area contributed by atoms with Gasteiger partial charge in [-0.1, -0.05) is 13.0 Å². The number of nitrogens with two attached hydrogens (primary N) is 1. The lowest BCUT2D eigenvalue weighted by Crippen LogP contribution is -2.42. The highest BCUT2D eigenvalue weighted by Gasteiger charge is 2.24. The van der Waals surface area contributed by atoms with E-state index in [1.807, 2.05) is 12.3 Å². The van der Waals surface area contributed by atoms with Crippen molar-refractivity contribution in [2.75, 3.05) is 25.0 Å². The van der Waals surface area contributed by atoms with Gasteiger partial charge in [-0.2, -0.15) is 0 Å². The third-order valence-electron chi connectivity index (χ3n) is 4.73. The number of nitrogens with zero attached hydrogens (tertiary/aromatic N) is 3. The van der Waals surface area contributed by atoms with Crippen LogP contribution in [0.15, 0.2) is 23.3 Å². The molecule has 0 saturated carbocycles. The Bertz CT molecular complexity index is 595. The smallest absolute Gasteiger partial charge is 0.220 e. The molecule has 0 aliphatic carbocycles. The van der Waals surface area contributed by atoms with E-state index in [0.717, 1.165) is 49.7 Å². The topological polar surface area (TPSA) is 95.6 Å². The van der Waals surface area contributed by atoms with E-state index in [1.54, 1.807) is 7.05 Å². The number of amides is 1. The largest absolute Gasteiger partial charge is 0.369 e. The summed E-state index contributed by atoms with van der Waals surface area (Å²) in [5.74, 6) is 1.55. The molecule has 2 heterocycles. The number of pyridine rings is 1. The van der Waals surface area contributed by atoms with Crippen molar-refractivity contribution in [2.45, 2.75) is 45.7 Å². The number of hydrogen-bond donors (Lipinski definition) is 3. The molecule has 25 heavy (non-hydrogen) atoms. The molecule has 1 atom stereocenters. The maximum Gasteiger partial charge on any atom is 0.220 e. The van der Waals surface area contributed by atoms with Crippen molar-refractivity contribution < 1.29 is 4.79 Å². The fourth-order valence-corrected chi connectivity index (χ4v) is 2.94. The summed E-state index contributed by atoms with van der Waals surface area (Å²) in [7, 11) is 1.77. The van der Waals surface area contributed by atoms with Gasteiger partial charge in [-0.15, -0.1) is 0 Å². The zero-order valence-electron chi connectivity index (χ0n) is 15.5. The molecule has 1 aliphatic heterocycles. The number of aromatic nitrogens is 1. The molecule has 1 aromatic heterocycles. The lowest BCUT2D eigenvalue weighted by Gasteiger charge is -2.32. The summed E-state index contributed by atoms with van der Waals surface area (Å²) in [5, 5.41) is 6.71. The number of rotatable bonds is 6. The van der Waals surface area contributed by atoms with Crippen LogP contribution in [0.3, 0.4) is 0 Å². The lowest BCUT2D eigenvalue weighted by molar-refractivity contribution is -0.122. The Morgan fingerprint density at radius 1 is 1.48 bits per heavy atom. The molecule has 1 amide bonds. The maximum absolute atomic E-state index is 11.3. The van der Waals surface area contributed by atoms with Gasteiger partial charge in [-0.25, -0.2) is 4.98 Å². The monoisotopic (exact) mass is 346 g/mol. The predicted molar refractivity (Wildman–Crippen MR) is 101 cm³/mol. The number of guanidine groups is 1. The van der Waals surface area contributed by atoms with E-state index in [2.05, 4.69) is 45.4 Å². The molecule has 1 saturated heterocycles. The summed E-state index contributed by atoms with van der Waals surface area (Å²) >= 11 is 0. The second kappa shape index (κ2) is 9.25. The Labute approximate surface area is 150 Å². The minimum absolute atomic E-state index is 0.0138. The van der Waals surface area contributed by atoms with Gasteiger partial charge < -0.3 is 21.3 Å². The summed E-state index contributed by atoms with van der Waals surface area (Å²) in [4.78, 5) is 22.4. The highest BCUT2D eigenvalue weighted by atomic mass is 16.1. The van der Waals surface area contributed by atoms with Crippen LogP contribution in [0.2, 0.25) is 0 Å². The van der Waals surface area contributed by atoms with Gasteiger partial charge in [0.25, 0.3) is 0 Å². The van der Waals surface area contributed by atoms with Crippen LogP contribution < -0.4 is 21.3 Å². The molecule has 1 unspecified atom stereocenters. The van der Waals surface area contributed by atoms with Crippen LogP contribution in [0.5, 0.6) is 0 Å². The zero-order chi connectivity index (χ0) is 18.2. The summed E-state index contributed by atoms with van der Waals surface area (Å²) in [6.45, 7) is 6.52. The standard InChI is InChI=1S/C18H30N6O/c1-4-13(2)23-18(20-3)22-12-15-6-5-9-21-17(15)24-10-7-14(8-11-24)16(19)25/h5-6,9,13-14H,4,7-8,10-12H2,1-3H3,(H2,19,25)(H2,20,22,23). The van der Waals surface area contributed by atoms with Gasteiger partial charge >= 0.3 is 0 Å². The number of piperidine rings is 1. The first-order valence-corrected chi connectivity index (χ1v) is 9.00. The molecule has 2 rings (SSSR count). The lowest BCUT2D eigenvalue weighted by atomic mass is 9.96. The number of nitrogens with one attached hydrogen (secondary N) is 2. The zero-order valence-corrected chi connectivity index (χ0v) is 15.5. The Balaban J connectivity index is 2.00. The number of hydrogen-bond acceptors (Lipinski definition) is 4. The van der Waals surface area contributed by atoms with E-state index in [9.17, 15) is 4.79 Å². The molecule has 138 valence electrons. The Morgan fingerprint density at radius 3 is 2.80 bits per heavy atom. The van der Waals surface area contributed by atoms with Gasteiger partial charge in [-0.3, -0.25) is 9.79 Å². The van der Waals surface area contributed by atoms with Crippen LogP contribution in [0, 0.1) is 5.92 Å². The van der Waals surface area contributed by atoms with Crippen LogP contribution >= 0.6 is 0 Å². The molecule has 7 heteroatoms. The molecule has 0 aromatic carbocycles. The predicted octanol–water partition coefficient (Wildman–Crippen LogP) is 1.25. The van der Waals surface area contributed by atoms with E-state index in [1.165, 1.54) is 0 Å². The SMILES string of the molecule is CCC(C)NC(=NC)NCc1cccnc1N1CCC(C(N)=O)CC1. The second-order valence-electron chi connectivity index (χ2n) is 6.53. The van der Waals surface area contributed by atoms with Crippen molar-refractivity contribution in [1.82, 2.24) is 15.6 Å². The first-order chi connectivity index (χ1) is 12.0. The van der Waals surface area contributed by atoms with Crippen molar-refractivity contribution in [3.8, 4) is 0 Å². The highest BCUT2D eigenvalue weighted by molar-refractivity contribution is 5.80. The number of carbonyl (C=O) groups excluding carboxylic acids is 1. The van der Waals surface area contributed by atoms with Crippen molar-refractivity contribution in [3.05, 3.63) is 23.9 Å². The van der Waals surface area contributed by atoms with E-state index in [4.69, 9.17) is 5.73 Å². The van der Waals surface area contributed by atoms with Gasteiger partial charge in [-0.05, 0) is 32.3 Å². The summed E-state index contributed by atoms with van der Waals surface area (Å²) in [6, 6.07) is 4.39. The Morgan fingerprint density at radius 2 is 2.20 bits per heavy atom. The van der Waals surface area contributed by atoms with Crippen molar-refractivity contribution >= 4 is 17.7 Å². The van der Waals surface area contributed by atoms with Crippen LogP contribution in [0.4, 0.5) is 5.82 Å². The number of primary amides is 1. The molecular formula is C18H30N6O. The molecule has 7 nitrogen and oxygen atoms in total. The minimum Gasteiger partial charge on any atom is -0.369 e. The molecule has 0 bridgehead atoms. The van der Waals surface area contributed by atoms with Crippen molar-refractivity contribution in [2.24, 2.45) is 16.6 Å². The van der Waals surface area contributed by atoms with Gasteiger partial charge in [0.05, 0.1) is 0 Å². The van der Waals surface area contributed by atoms with E-state index in [-0.39, 0.29) is 11.8 Å². The van der Waals surface area contributed by atoms with Gasteiger partial charge in [0.2, 0.25) is 5.91 Å². The van der Waals surface area contributed by atoms with E-state index >= 15 is 0 Å². The molecule has 1 aromatic rings.